The number of nitrogens with one attached hydrogen (secondary N) is 3. The molecule has 0 aliphatic heterocycles. The van der Waals surface area contributed by atoms with Crippen LogP contribution in [-0.2, 0) is 30.1 Å². The van der Waals surface area contributed by atoms with Gasteiger partial charge in [0.25, 0.3) is 5.91 Å². The average molecular weight is 533 g/mol. The molecule has 0 saturated carbocycles. The van der Waals surface area contributed by atoms with E-state index in [4.69, 9.17) is 0 Å². The molecule has 0 unspecified atom stereocenters. The molecule has 3 aromatic carbocycles. The smallest absolute Gasteiger partial charge is 0.361 e. The van der Waals surface area contributed by atoms with E-state index in [1.54, 1.807) is 30.5 Å². The maximum absolute atomic E-state index is 13.2. The summed E-state index contributed by atoms with van der Waals surface area (Å²) in [7, 11) is 0. The minimum absolute atomic E-state index is 0.0187. The molecule has 0 spiro atoms. The zero-order valence-corrected chi connectivity index (χ0v) is 19.6. The van der Waals surface area contributed by atoms with E-state index in [0.717, 1.165) is 10.9 Å². The van der Waals surface area contributed by atoms with Gasteiger partial charge in [-0.05, 0) is 47.5 Å². The molecule has 1 atom stereocenters. The van der Waals surface area contributed by atoms with E-state index in [1.165, 1.54) is 12.1 Å². The molecule has 0 fully saturated rings. The number of hydrogen-bond donors (Lipinski definition) is 3. The fraction of sp³-hybridized carbons (Fsp3) is 0.185. The first-order valence-electron chi connectivity index (χ1n) is 11.4. The Morgan fingerprint density at radius 3 is 2.05 bits per heavy atom. The highest BCUT2D eigenvalue weighted by molar-refractivity contribution is 5.97. The third kappa shape index (κ3) is 6.34. The van der Waals surface area contributed by atoms with E-state index >= 15 is 0 Å². The Morgan fingerprint density at radius 1 is 0.816 bits per heavy atom. The van der Waals surface area contributed by atoms with Crippen molar-refractivity contribution < 1.29 is 35.9 Å². The second kappa shape index (κ2) is 10.6. The molecule has 0 aliphatic rings. The van der Waals surface area contributed by atoms with E-state index in [0.29, 0.717) is 17.7 Å². The van der Waals surface area contributed by atoms with Crippen LogP contribution >= 0.6 is 0 Å². The molecule has 2 amide bonds. The number of carbonyl (C=O) groups excluding carboxylic acids is 2. The van der Waals surface area contributed by atoms with Crippen molar-refractivity contribution in [2.75, 3.05) is 0 Å². The van der Waals surface area contributed by atoms with Crippen molar-refractivity contribution in [3.05, 3.63) is 107 Å². The van der Waals surface area contributed by atoms with Crippen LogP contribution in [0.15, 0.2) is 79.0 Å². The largest absolute Gasteiger partial charge is 0.416 e. The molecule has 198 valence electrons. The molecule has 0 saturated heterocycles. The second-order valence-electron chi connectivity index (χ2n) is 8.59. The summed E-state index contributed by atoms with van der Waals surface area (Å²) in [5, 5.41) is 5.79. The number of fused-ring (bicyclic) bond motifs is 1. The van der Waals surface area contributed by atoms with Gasteiger partial charge in [0.15, 0.2) is 0 Å². The van der Waals surface area contributed by atoms with Gasteiger partial charge in [0.05, 0.1) is 11.1 Å². The Kier molecular flexibility index (Phi) is 7.47. The molecule has 5 nitrogen and oxygen atoms in total. The molecule has 38 heavy (non-hydrogen) atoms. The predicted molar refractivity (Wildman–Crippen MR) is 128 cm³/mol. The lowest BCUT2D eigenvalue weighted by Crippen LogP contribution is -2.47. The number of halogens is 6. The van der Waals surface area contributed by atoms with Crippen LogP contribution in [0, 0.1) is 0 Å². The second-order valence-corrected chi connectivity index (χ2v) is 8.59. The monoisotopic (exact) mass is 533 g/mol. The fourth-order valence-electron chi connectivity index (χ4n) is 3.99. The first kappa shape index (κ1) is 26.8. The molecule has 0 bridgehead atoms. The summed E-state index contributed by atoms with van der Waals surface area (Å²) in [5.41, 5.74) is -1.60. The Balaban J connectivity index is 1.58. The number of alkyl halides is 6. The average Bonchev–Trinajstić information content (AvgIpc) is 3.29. The Bertz CT molecular complexity index is 1410. The molecule has 0 radical (unpaired) electrons. The number of carbonyl (C=O) groups is 2. The third-order valence-corrected chi connectivity index (χ3v) is 5.87. The Hall–Kier alpha value is -4.28. The molecular formula is C27H21F6N3O2. The van der Waals surface area contributed by atoms with Gasteiger partial charge in [-0.3, -0.25) is 9.59 Å². The Labute approximate surface area is 212 Å². The highest BCUT2D eigenvalue weighted by atomic mass is 19.4. The first-order valence-corrected chi connectivity index (χ1v) is 11.4. The number of hydrogen-bond acceptors (Lipinski definition) is 2. The van der Waals surface area contributed by atoms with E-state index in [-0.39, 0.29) is 23.6 Å². The topological polar surface area (TPSA) is 74.0 Å². The van der Waals surface area contributed by atoms with E-state index in [9.17, 15) is 35.9 Å². The highest BCUT2D eigenvalue weighted by Crippen LogP contribution is 2.36. The normalized spacial score (nSPS) is 12.8. The lowest BCUT2D eigenvalue weighted by atomic mass is 10.0. The lowest BCUT2D eigenvalue weighted by molar-refractivity contribution is -0.143. The zero-order chi connectivity index (χ0) is 27.5. The molecular weight excluding hydrogens is 512 g/mol. The highest BCUT2D eigenvalue weighted by Gasteiger charge is 2.37. The number of para-hydroxylation sites is 1. The number of aromatic nitrogens is 1. The molecule has 4 rings (SSSR count). The van der Waals surface area contributed by atoms with Gasteiger partial charge in [-0.15, -0.1) is 0 Å². The van der Waals surface area contributed by atoms with Gasteiger partial charge in [0, 0.05) is 35.6 Å². The van der Waals surface area contributed by atoms with E-state index in [1.807, 2.05) is 18.2 Å². The molecule has 4 aromatic rings. The van der Waals surface area contributed by atoms with Crippen LogP contribution in [0.2, 0.25) is 0 Å². The molecule has 3 N–H and O–H groups in total. The number of benzene rings is 3. The predicted octanol–water partition coefficient (Wildman–Crippen LogP) is 5.86. The minimum atomic E-state index is -5.01. The zero-order valence-electron chi connectivity index (χ0n) is 19.6. The molecule has 11 heteroatoms. The van der Waals surface area contributed by atoms with Crippen LogP contribution in [0.5, 0.6) is 0 Å². The number of rotatable bonds is 7. The van der Waals surface area contributed by atoms with Gasteiger partial charge in [-0.1, -0.05) is 36.4 Å². The first-order chi connectivity index (χ1) is 17.9. The molecule has 0 aliphatic carbocycles. The van der Waals surface area contributed by atoms with Crippen LogP contribution in [0.1, 0.15) is 32.6 Å². The molecule has 1 aromatic heterocycles. The summed E-state index contributed by atoms with van der Waals surface area (Å²) in [5.74, 6) is -1.34. The standard InChI is InChI=1S/C27H21F6N3O2/c28-26(29,30)19-10-16(11-20(13-19)27(31,32)33)14-35-25(38)23(36-24(37)17-6-2-1-3-7-17)12-18-15-34-22-9-5-4-8-21(18)22/h1-11,13,15,23,34H,12,14H2,(H,35,38)(H,36,37)/t23-/m0/s1. The van der Waals surface area contributed by atoms with Crippen LogP contribution in [-0.4, -0.2) is 22.8 Å². The van der Waals surface area contributed by atoms with E-state index < -0.39 is 47.9 Å². The van der Waals surface area contributed by atoms with Crippen LogP contribution in [0.4, 0.5) is 26.3 Å². The van der Waals surface area contributed by atoms with Gasteiger partial charge in [0.2, 0.25) is 5.91 Å². The van der Waals surface area contributed by atoms with Crippen LogP contribution < -0.4 is 10.6 Å². The maximum Gasteiger partial charge on any atom is 0.416 e. The lowest BCUT2D eigenvalue weighted by Gasteiger charge is -2.19. The number of aromatic amines is 1. The van der Waals surface area contributed by atoms with Crippen LogP contribution in [0.3, 0.4) is 0 Å². The summed E-state index contributed by atoms with van der Waals surface area (Å²) in [6.45, 7) is -0.614. The SMILES string of the molecule is O=C(N[C@@H](Cc1c[nH]c2ccccc12)C(=O)NCc1cc(C(F)(F)F)cc(C(F)(F)F)c1)c1ccccc1. The van der Waals surface area contributed by atoms with E-state index in [2.05, 4.69) is 15.6 Å². The third-order valence-electron chi connectivity index (χ3n) is 5.87. The fourth-order valence-corrected chi connectivity index (χ4v) is 3.99. The number of amides is 2. The van der Waals surface area contributed by atoms with Gasteiger partial charge in [-0.25, -0.2) is 0 Å². The van der Waals surface area contributed by atoms with Gasteiger partial charge in [0.1, 0.15) is 6.04 Å². The van der Waals surface area contributed by atoms with Gasteiger partial charge < -0.3 is 15.6 Å². The quantitative estimate of drug-likeness (QED) is 0.260. The summed E-state index contributed by atoms with van der Waals surface area (Å²) in [6.07, 6.45) is -8.34. The molecule has 1 heterocycles. The van der Waals surface area contributed by atoms with Crippen molar-refractivity contribution in [1.29, 1.82) is 0 Å². The number of H-pyrrole nitrogens is 1. The van der Waals surface area contributed by atoms with Crippen molar-refractivity contribution in [2.45, 2.75) is 31.4 Å². The van der Waals surface area contributed by atoms with Crippen molar-refractivity contribution in [3.63, 3.8) is 0 Å². The minimum Gasteiger partial charge on any atom is -0.361 e. The van der Waals surface area contributed by atoms with Crippen molar-refractivity contribution >= 4 is 22.7 Å². The van der Waals surface area contributed by atoms with Gasteiger partial charge in [-0.2, -0.15) is 26.3 Å². The maximum atomic E-state index is 13.2. The summed E-state index contributed by atoms with van der Waals surface area (Å²) in [6, 6.07) is 15.2. The van der Waals surface area contributed by atoms with Crippen molar-refractivity contribution in [2.24, 2.45) is 0 Å². The summed E-state index contributed by atoms with van der Waals surface area (Å²) < 4.78 is 79.2. The summed E-state index contributed by atoms with van der Waals surface area (Å²) in [4.78, 5) is 29.0. The summed E-state index contributed by atoms with van der Waals surface area (Å²) >= 11 is 0. The van der Waals surface area contributed by atoms with Crippen LogP contribution in [0.25, 0.3) is 10.9 Å². The van der Waals surface area contributed by atoms with Gasteiger partial charge >= 0.3 is 12.4 Å². The Morgan fingerprint density at radius 2 is 1.42 bits per heavy atom. The van der Waals surface area contributed by atoms with Crippen molar-refractivity contribution in [1.82, 2.24) is 15.6 Å². The van der Waals surface area contributed by atoms with Crippen molar-refractivity contribution in [3.8, 4) is 0 Å².